The Morgan fingerprint density at radius 2 is 0.493 bits per heavy atom. The Kier molecular flexibility index (Phi) is 31.3. The molecule has 150 heavy (non-hydrogen) atoms. The summed E-state index contributed by atoms with van der Waals surface area (Å²) < 4.78 is 118. The summed E-state index contributed by atoms with van der Waals surface area (Å²) >= 11 is 0. The molecule has 8 atom stereocenters. The van der Waals surface area contributed by atoms with Crippen LogP contribution in [0.5, 0.6) is 86.2 Å². The van der Waals surface area contributed by atoms with E-state index in [1.807, 2.05) is 443 Å². The molecule has 18 aromatic carbocycles. The molecule has 0 unspecified atom stereocenters. The van der Waals surface area contributed by atoms with Crippen molar-refractivity contribution in [3.63, 3.8) is 0 Å². The third-order valence-corrected chi connectivity index (χ3v) is 26.8. The lowest BCUT2D eigenvalue weighted by molar-refractivity contribution is -0.154. The van der Waals surface area contributed by atoms with Crippen LogP contribution in [0, 0.1) is 0 Å². The van der Waals surface area contributed by atoms with Gasteiger partial charge in [0, 0.05) is 71.0 Å². The van der Waals surface area contributed by atoms with Crippen LogP contribution in [0.1, 0.15) is 148 Å². The maximum Gasteiger partial charge on any atom is 0.303 e. The summed E-state index contributed by atoms with van der Waals surface area (Å²) in [6.45, 7) is 2.39. The molecule has 0 saturated heterocycles. The smallest absolute Gasteiger partial charge is 0.303 e. The Morgan fingerprint density at radius 1 is 0.240 bits per heavy atom. The first-order valence-electron chi connectivity index (χ1n) is 50.5. The molecule has 0 aromatic heterocycles. The summed E-state index contributed by atoms with van der Waals surface area (Å²) in [5.74, 6) is 0.837. The van der Waals surface area contributed by atoms with Crippen LogP contribution in [-0.2, 0) is 95.2 Å². The molecule has 21 rings (SSSR count). The second-order valence-corrected chi connectivity index (χ2v) is 37.3. The van der Waals surface area contributed by atoms with Gasteiger partial charge in [0.25, 0.3) is 0 Å². The van der Waals surface area contributed by atoms with E-state index in [4.69, 9.17) is 75.8 Å². The van der Waals surface area contributed by atoms with E-state index >= 15 is 9.90 Å². The standard InChI is InChI=1S/C131H112O19/c1-88(132)147-131-124(119-114(143-84-97-54-30-10-31-55-97)71-104(135-76-89-38-14-2-15-39-89)72-118(119)148-128(131)103-64-67-109(138-79-92-44-20-5-21-45-92)113(70-103)142-83-96-52-28-9-29-53-96)122-117(146-87-100-60-36-13-37-61-100)75-116(145-86-99-58-34-12-35-59-99)121-123(125(134)127(150-130(121)122)102-63-66-108(137-78-91-42-18-4-19-43-91)112(69-102)141-82-95-50-26-8-27-51-95)120-115(144-85-98-56-32-11-33-57-98)74-110(139-80-93-46-22-6-23-47-93)105-73-106(133)126(149-129(105)120)101-62-65-107(136-77-90-40-16-3-17-41-90)111(68-101)140-81-94-48-24-7-25-49-94/h2-72,74-75,106,123-128,131,133-134H,73,76-87H2,1H3/t106-,123-,124-,125-,126-,127-,128-,131-/m1/s1. The van der Waals surface area contributed by atoms with Gasteiger partial charge in [-0.05, 0) is 114 Å². The summed E-state index contributed by atoms with van der Waals surface area (Å²) in [5.41, 5.74) is 13.4. The number of carbonyl (C=O) groups excluding carboxylic acids is 1. The molecule has 18 aromatic rings. The molecule has 0 fully saturated rings. The largest absolute Gasteiger partial charge is 0.489 e. The molecule has 0 saturated carbocycles. The molecule has 0 aliphatic carbocycles. The molecule has 3 aliphatic rings. The van der Waals surface area contributed by atoms with Gasteiger partial charge in [-0.15, -0.1) is 0 Å². The van der Waals surface area contributed by atoms with Crippen LogP contribution in [0.3, 0.4) is 0 Å². The third kappa shape index (κ3) is 24.0. The van der Waals surface area contributed by atoms with E-state index in [-0.39, 0.29) is 137 Å². The van der Waals surface area contributed by atoms with Gasteiger partial charge in [0.15, 0.2) is 52.8 Å². The van der Waals surface area contributed by atoms with Crippen molar-refractivity contribution in [3.05, 3.63) is 554 Å². The van der Waals surface area contributed by atoms with Crippen LogP contribution in [0.2, 0.25) is 0 Å². The van der Waals surface area contributed by atoms with Gasteiger partial charge in [0.2, 0.25) is 0 Å². The zero-order valence-electron chi connectivity index (χ0n) is 82.8. The fourth-order valence-electron chi connectivity index (χ4n) is 19.3. The van der Waals surface area contributed by atoms with Gasteiger partial charge in [0.05, 0.1) is 17.9 Å². The first kappa shape index (κ1) is 98.4. The summed E-state index contributed by atoms with van der Waals surface area (Å²) in [6.07, 6.45) is -8.65. The second-order valence-electron chi connectivity index (χ2n) is 37.3. The Labute approximate surface area is 872 Å². The highest BCUT2D eigenvalue weighted by atomic mass is 16.6. The van der Waals surface area contributed by atoms with Gasteiger partial charge in [-0.3, -0.25) is 4.79 Å². The van der Waals surface area contributed by atoms with Crippen LogP contribution < -0.4 is 71.1 Å². The minimum absolute atomic E-state index is 0.0104. The first-order valence-corrected chi connectivity index (χ1v) is 50.5. The van der Waals surface area contributed by atoms with E-state index in [0.29, 0.717) is 79.4 Å². The van der Waals surface area contributed by atoms with Gasteiger partial charge < -0.3 is 86.0 Å². The highest BCUT2D eigenvalue weighted by molar-refractivity contribution is 5.74. The van der Waals surface area contributed by atoms with Crippen molar-refractivity contribution in [3.8, 4) is 86.2 Å². The Bertz CT molecular complexity index is 7500. The molecule has 750 valence electrons. The third-order valence-electron chi connectivity index (χ3n) is 26.8. The lowest BCUT2D eigenvalue weighted by Gasteiger charge is -2.44. The van der Waals surface area contributed by atoms with Crippen molar-refractivity contribution in [1.29, 1.82) is 0 Å². The van der Waals surface area contributed by atoms with Crippen LogP contribution >= 0.6 is 0 Å². The molecular formula is C131H112O19. The molecule has 0 bridgehead atoms. The number of aliphatic hydroxyl groups is 2. The highest BCUT2D eigenvalue weighted by Crippen LogP contribution is 2.64. The number of fused-ring (bicyclic) bond motifs is 3. The van der Waals surface area contributed by atoms with Crippen LogP contribution in [0.25, 0.3) is 0 Å². The number of benzene rings is 18. The number of rotatable bonds is 42. The van der Waals surface area contributed by atoms with Gasteiger partial charge in [-0.2, -0.15) is 0 Å². The number of ether oxygens (including phenoxy) is 16. The molecule has 19 nitrogen and oxygen atoms in total. The van der Waals surface area contributed by atoms with Gasteiger partial charge in [-0.1, -0.05) is 382 Å². The fraction of sp³-hybridized carbons (Fsp3) is 0.168. The molecule has 0 radical (unpaired) electrons. The van der Waals surface area contributed by atoms with E-state index < -0.39 is 54.4 Å². The maximum absolute atomic E-state index is 15.6. The Hall–Kier alpha value is -17.7. The second kappa shape index (κ2) is 47.7. The fourth-order valence-corrected chi connectivity index (χ4v) is 19.3. The van der Waals surface area contributed by atoms with E-state index in [2.05, 4.69) is 0 Å². The van der Waals surface area contributed by atoms with E-state index in [0.717, 1.165) is 66.8 Å². The van der Waals surface area contributed by atoms with E-state index in [9.17, 15) is 5.11 Å². The van der Waals surface area contributed by atoms with Gasteiger partial charge >= 0.3 is 5.97 Å². The normalized spacial score (nSPS) is 16.2. The summed E-state index contributed by atoms with van der Waals surface area (Å²) in [5, 5.41) is 29.2. The zero-order valence-corrected chi connectivity index (χ0v) is 82.8. The molecule has 3 aliphatic heterocycles. The molecule has 19 heteroatoms. The zero-order chi connectivity index (χ0) is 102. The monoisotopic (exact) mass is 1990 g/mol. The maximum atomic E-state index is 15.6. The number of carbonyl (C=O) groups is 1. The quantitative estimate of drug-likeness (QED) is 0.0341. The molecular weight excluding hydrogens is 1880 g/mol. The number of esters is 1. The highest BCUT2D eigenvalue weighted by Gasteiger charge is 2.54. The number of hydrogen-bond acceptors (Lipinski definition) is 19. The SMILES string of the molecule is CC(=O)O[C@@H]1[C@@H](c2c(OCc3ccccc3)cc(OCc3ccccc3)c3c2O[C@H](c2ccc(OCc4ccccc4)c(OCc4ccccc4)c2)[C@H](O)[C@@H]3c2c(OCc3ccccc3)cc(OCc3ccccc3)c3c2O[C@H](c2ccc(OCc4ccccc4)c(OCc4ccccc4)c2)[C@H](O)C3)c2c(OCc3ccccc3)cc(OCc3ccccc3)cc2O[C@@H]1c1ccc(OCc2ccccc2)c(OCc2ccccc2)c1. The van der Waals surface area contributed by atoms with Crippen LogP contribution in [0.15, 0.2) is 443 Å². The number of aliphatic hydroxyl groups excluding tert-OH is 2. The van der Waals surface area contributed by atoms with Crippen molar-refractivity contribution in [2.45, 2.75) is 141 Å². The first-order chi connectivity index (χ1) is 74.0. The minimum atomic E-state index is -1.75. The predicted molar refractivity (Wildman–Crippen MR) is 573 cm³/mol. The van der Waals surface area contributed by atoms with Gasteiger partial charge in [-0.25, -0.2) is 0 Å². The lowest BCUT2D eigenvalue weighted by Crippen LogP contribution is -2.41. The summed E-state index contributed by atoms with van der Waals surface area (Å²) in [6, 6.07) is 143. The summed E-state index contributed by atoms with van der Waals surface area (Å²) in [4.78, 5) is 15.5. The van der Waals surface area contributed by atoms with Crippen molar-refractivity contribution >= 4 is 5.97 Å². The van der Waals surface area contributed by atoms with Crippen molar-refractivity contribution in [2.24, 2.45) is 0 Å². The minimum Gasteiger partial charge on any atom is -0.489 e. The average Bonchev–Trinajstić information content (AvgIpc) is 0.701. The topological polar surface area (TPSA) is 205 Å². The lowest BCUT2D eigenvalue weighted by atomic mass is 9.73. The van der Waals surface area contributed by atoms with Crippen LogP contribution in [0.4, 0.5) is 0 Å². The van der Waals surface area contributed by atoms with Crippen LogP contribution in [-0.4, -0.2) is 34.5 Å². The molecule has 0 amide bonds. The van der Waals surface area contributed by atoms with Crippen molar-refractivity contribution in [2.75, 3.05) is 0 Å². The van der Waals surface area contributed by atoms with Crippen molar-refractivity contribution < 1.29 is 90.8 Å². The van der Waals surface area contributed by atoms with E-state index in [1.54, 1.807) is 0 Å². The molecule has 0 spiro atoms. The molecule has 3 heterocycles. The Morgan fingerprint density at radius 3 is 0.813 bits per heavy atom. The number of hydrogen-bond donors (Lipinski definition) is 2. The summed E-state index contributed by atoms with van der Waals surface area (Å²) in [7, 11) is 0. The van der Waals surface area contributed by atoms with Crippen molar-refractivity contribution in [1.82, 2.24) is 0 Å². The predicted octanol–water partition coefficient (Wildman–Crippen LogP) is 27.5. The Balaban J connectivity index is 0.859. The van der Waals surface area contributed by atoms with Gasteiger partial charge in [0.1, 0.15) is 143 Å². The van der Waals surface area contributed by atoms with E-state index in [1.165, 1.54) is 6.92 Å². The average molecular weight is 1990 g/mol. The molecule has 2 N–H and O–H groups in total.